The van der Waals surface area contributed by atoms with Gasteiger partial charge in [-0.2, -0.15) is 0 Å². The first kappa shape index (κ1) is 24.9. The van der Waals surface area contributed by atoms with Crippen molar-refractivity contribution < 1.29 is 14.7 Å². The van der Waals surface area contributed by atoms with E-state index in [1.165, 1.54) is 57.8 Å². The molecule has 0 spiro atoms. The van der Waals surface area contributed by atoms with Crippen LogP contribution < -0.4 is 5.32 Å². The van der Waals surface area contributed by atoms with E-state index in [4.69, 9.17) is 0 Å². The summed E-state index contributed by atoms with van der Waals surface area (Å²) < 4.78 is 0. The molecule has 154 valence electrons. The standard InChI is InChI=1S/C22H43NO3/c1-3-5-7-9-10-11-12-13-14-15-17-19-21(24)23-20(22(25)26)18-16-8-6-4-2/h20H,3-19H2,1-2H3,(H,23,24)(H,25,26). The second-order valence-corrected chi connectivity index (χ2v) is 7.59. The summed E-state index contributed by atoms with van der Waals surface area (Å²) in [5.41, 5.74) is 0. The third kappa shape index (κ3) is 16.4. The van der Waals surface area contributed by atoms with Crippen molar-refractivity contribution in [3.05, 3.63) is 0 Å². The number of carboxylic acids is 1. The summed E-state index contributed by atoms with van der Waals surface area (Å²) in [5, 5.41) is 11.9. The molecule has 0 aliphatic heterocycles. The number of unbranched alkanes of at least 4 members (excludes halogenated alkanes) is 13. The van der Waals surface area contributed by atoms with E-state index in [2.05, 4.69) is 19.2 Å². The van der Waals surface area contributed by atoms with Gasteiger partial charge in [0, 0.05) is 6.42 Å². The smallest absolute Gasteiger partial charge is 0.326 e. The lowest BCUT2D eigenvalue weighted by molar-refractivity contribution is -0.142. The average molecular weight is 370 g/mol. The van der Waals surface area contributed by atoms with Crippen molar-refractivity contribution in [1.82, 2.24) is 5.32 Å². The maximum atomic E-state index is 11.9. The summed E-state index contributed by atoms with van der Waals surface area (Å²) in [6.45, 7) is 4.37. The quantitative estimate of drug-likeness (QED) is 0.265. The van der Waals surface area contributed by atoms with Crippen LogP contribution in [-0.2, 0) is 9.59 Å². The Labute approximate surface area is 161 Å². The van der Waals surface area contributed by atoms with Gasteiger partial charge in [-0.3, -0.25) is 4.79 Å². The molecule has 1 unspecified atom stereocenters. The Morgan fingerprint density at radius 1 is 0.692 bits per heavy atom. The van der Waals surface area contributed by atoms with E-state index in [0.717, 1.165) is 38.5 Å². The van der Waals surface area contributed by atoms with Crippen LogP contribution in [0.3, 0.4) is 0 Å². The third-order valence-electron chi connectivity index (χ3n) is 4.99. The topological polar surface area (TPSA) is 66.4 Å². The Kier molecular flexibility index (Phi) is 18.0. The molecule has 0 saturated heterocycles. The first-order valence-corrected chi connectivity index (χ1v) is 11.1. The van der Waals surface area contributed by atoms with Crippen molar-refractivity contribution in [2.24, 2.45) is 0 Å². The van der Waals surface area contributed by atoms with Crippen LogP contribution in [0.15, 0.2) is 0 Å². The SMILES string of the molecule is CCCCCCCCCCCCCC(=O)NC(CCCCCC)C(=O)O. The minimum Gasteiger partial charge on any atom is -0.480 e. The second-order valence-electron chi connectivity index (χ2n) is 7.59. The van der Waals surface area contributed by atoms with Crippen molar-refractivity contribution in [1.29, 1.82) is 0 Å². The molecule has 4 nitrogen and oxygen atoms in total. The van der Waals surface area contributed by atoms with Gasteiger partial charge >= 0.3 is 5.97 Å². The minimum atomic E-state index is -0.909. The van der Waals surface area contributed by atoms with Crippen LogP contribution in [0.2, 0.25) is 0 Å². The average Bonchev–Trinajstić information content (AvgIpc) is 2.62. The third-order valence-corrected chi connectivity index (χ3v) is 4.99. The van der Waals surface area contributed by atoms with Gasteiger partial charge < -0.3 is 10.4 Å². The molecule has 0 aromatic heterocycles. The fraction of sp³-hybridized carbons (Fsp3) is 0.909. The number of hydrogen-bond donors (Lipinski definition) is 2. The second kappa shape index (κ2) is 18.7. The Bertz CT molecular complexity index is 344. The van der Waals surface area contributed by atoms with Gasteiger partial charge in [-0.05, 0) is 12.8 Å². The molecule has 2 N–H and O–H groups in total. The van der Waals surface area contributed by atoms with Gasteiger partial charge in [-0.15, -0.1) is 0 Å². The molecule has 26 heavy (non-hydrogen) atoms. The van der Waals surface area contributed by atoms with Crippen LogP contribution in [0.1, 0.15) is 123 Å². The van der Waals surface area contributed by atoms with Crippen LogP contribution in [0, 0.1) is 0 Å². The van der Waals surface area contributed by atoms with Crippen LogP contribution in [0.5, 0.6) is 0 Å². The normalized spacial score (nSPS) is 12.1. The van der Waals surface area contributed by atoms with Gasteiger partial charge in [0.2, 0.25) is 5.91 Å². The highest BCUT2D eigenvalue weighted by atomic mass is 16.4. The first-order chi connectivity index (χ1) is 12.6. The van der Waals surface area contributed by atoms with Crippen molar-refractivity contribution in [2.75, 3.05) is 0 Å². The van der Waals surface area contributed by atoms with Gasteiger partial charge in [-0.25, -0.2) is 4.79 Å². The molecule has 0 aliphatic rings. The molecular formula is C22H43NO3. The van der Waals surface area contributed by atoms with Gasteiger partial charge in [0.15, 0.2) is 0 Å². The summed E-state index contributed by atoms with van der Waals surface area (Å²) in [7, 11) is 0. The fourth-order valence-electron chi connectivity index (χ4n) is 3.25. The predicted molar refractivity (Wildman–Crippen MR) is 109 cm³/mol. The van der Waals surface area contributed by atoms with E-state index >= 15 is 0 Å². The lowest BCUT2D eigenvalue weighted by Gasteiger charge is -2.14. The molecule has 1 atom stereocenters. The van der Waals surface area contributed by atoms with E-state index in [0.29, 0.717) is 12.8 Å². The van der Waals surface area contributed by atoms with E-state index in [1.54, 1.807) is 0 Å². The molecule has 0 fully saturated rings. The minimum absolute atomic E-state index is 0.108. The molecule has 4 heteroatoms. The molecule has 0 aliphatic carbocycles. The zero-order valence-corrected chi connectivity index (χ0v) is 17.4. The monoisotopic (exact) mass is 369 g/mol. The predicted octanol–water partition coefficient (Wildman–Crippen LogP) is 6.23. The largest absolute Gasteiger partial charge is 0.480 e. The highest BCUT2D eigenvalue weighted by Crippen LogP contribution is 2.12. The Balaban J connectivity index is 3.57. The number of carbonyl (C=O) groups excluding carboxylic acids is 1. The van der Waals surface area contributed by atoms with E-state index < -0.39 is 12.0 Å². The van der Waals surface area contributed by atoms with Crippen LogP contribution in [0.25, 0.3) is 0 Å². The Hall–Kier alpha value is -1.06. The summed E-state index contributed by atoms with van der Waals surface area (Å²) in [6.07, 6.45) is 18.9. The molecule has 0 bridgehead atoms. The number of carboxylic acid groups (broad SMARTS) is 1. The summed E-state index contributed by atoms with van der Waals surface area (Å²) >= 11 is 0. The molecule has 0 aromatic rings. The number of aliphatic carboxylic acids is 1. The van der Waals surface area contributed by atoms with Gasteiger partial charge in [-0.1, -0.05) is 104 Å². The van der Waals surface area contributed by atoms with Gasteiger partial charge in [0.1, 0.15) is 6.04 Å². The van der Waals surface area contributed by atoms with E-state index in [-0.39, 0.29) is 5.91 Å². The number of nitrogens with one attached hydrogen (secondary N) is 1. The maximum absolute atomic E-state index is 11.9. The first-order valence-electron chi connectivity index (χ1n) is 11.1. The number of amides is 1. The summed E-state index contributed by atoms with van der Waals surface area (Å²) in [6, 6.07) is -0.716. The van der Waals surface area contributed by atoms with Crippen LogP contribution in [-0.4, -0.2) is 23.0 Å². The van der Waals surface area contributed by atoms with Gasteiger partial charge in [0.25, 0.3) is 0 Å². The van der Waals surface area contributed by atoms with Crippen molar-refractivity contribution in [3.8, 4) is 0 Å². The highest BCUT2D eigenvalue weighted by Gasteiger charge is 2.18. The lowest BCUT2D eigenvalue weighted by Crippen LogP contribution is -2.40. The molecule has 0 aromatic carbocycles. The van der Waals surface area contributed by atoms with Crippen molar-refractivity contribution in [2.45, 2.75) is 129 Å². The van der Waals surface area contributed by atoms with E-state index in [1.807, 2.05) is 0 Å². The molecule has 0 radical (unpaired) electrons. The Morgan fingerprint density at radius 3 is 1.58 bits per heavy atom. The van der Waals surface area contributed by atoms with E-state index in [9.17, 15) is 14.7 Å². The molecule has 1 amide bonds. The van der Waals surface area contributed by atoms with Crippen molar-refractivity contribution in [3.63, 3.8) is 0 Å². The fourth-order valence-corrected chi connectivity index (χ4v) is 3.25. The number of rotatable bonds is 19. The number of hydrogen-bond acceptors (Lipinski definition) is 2. The zero-order chi connectivity index (χ0) is 19.5. The van der Waals surface area contributed by atoms with Gasteiger partial charge in [0.05, 0.1) is 0 Å². The molecule has 0 heterocycles. The van der Waals surface area contributed by atoms with Crippen LogP contribution in [0.4, 0.5) is 0 Å². The lowest BCUT2D eigenvalue weighted by atomic mass is 10.0. The molecular weight excluding hydrogens is 326 g/mol. The summed E-state index contributed by atoms with van der Waals surface area (Å²) in [4.78, 5) is 23.2. The summed E-state index contributed by atoms with van der Waals surface area (Å²) in [5.74, 6) is -1.02. The Morgan fingerprint density at radius 2 is 1.12 bits per heavy atom. The number of carbonyl (C=O) groups is 2. The molecule has 0 rings (SSSR count). The highest BCUT2D eigenvalue weighted by molar-refractivity contribution is 5.83. The zero-order valence-electron chi connectivity index (χ0n) is 17.4. The van der Waals surface area contributed by atoms with Crippen LogP contribution >= 0.6 is 0 Å². The molecule has 0 saturated carbocycles. The maximum Gasteiger partial charge on any atom is 0.326 e. The van der Waals surface area contributed by atoms with Crippen molar-refractivity contribution >= 4 is 11.9 Å².